The van der Waals surface area contributed by atoms with Crippen molar-refractivity contribution in [2.45, 2.75) is 6.54 Å². The second-order valence-corrected chi connectivity index (χ2v) is 4.04. The van der Waals surface area contributed by atoms with Gasteiger partial charge in [-0.25, -0.2) is 9.97 Å². The van der Waals surface area contributed by atoms with E-state index in [1.54, 1.807) is 6.20 Å². The predicted octanol–water partition coefficient (Wildman–Crippen LogP) is 1.56. The standard InChI is InChI=1S/C11H9BrN4O/c12-10-7-14-9(6-15-10)11(17)16-5-8-3-1-2-4-13-8/h1-4,6-7H,5H2,(H,16,17). The highest BCUT2D eigenvalue weighted by Crippen LogP contribution is 2.02. The van der Waals surface area contributed by atoms with Crippen molar-refractivity contribution in [2.75, 3.05) is 0 Å². The second-order valence-electron chi connectivity index (χ2n) is 3.23. The number of halogens is 1. The molecule has 86 valence electrons. The Labute approximate surface area is 106 Å². The van der Waals surface area contributed by atoms with Gasteiger partial charge in [-0.05, 0) is 28.1 Å². The fraction of sp³-hybridized carbons (Fsp3) is 0.0909. The summed E-state index contributed by atoms with van der Waals surface area (Å²) in [6, 6.07) is 5.53. The van der Waals surface area contributed by atoms with E-state index < -0.39 is 0 Å². The number of amides is 1. The monoisotopic (exact) mass is 292 g/mol. The Morgan fingerprint density at radius 3 is 2.76 bits per heavy atom. The largest absolute Gasteiger partial charge is 0.345 e. The Kier molecular flexibility index (Phi) is 3.77. The molecule has 0 aliphatic carbocycles. The molecule has 0 aliphatic heterocycles. The summed E-state index contributed by atoms with van der Waals surface area (Å²) >= 11 is 3.15. The van der Waals surface area contributed by atoms with E-state index in [1.165, 1.54) is 12.4 Å². The second kappa shape index (κ2) is 5.49. The van der Waals surface area contributed by atoms with Crippen molar-refractivity contribution in [3.8, 4) is 0 Å². The normalized spacial score (nSPS) is 9.94. The van der Waals surface area contributed by atoms with Crippen LogP contribution in [0.4, 0.5) is 0 Å². The Bertz CT molecular complexity index is 501. The van der Waals surface area contributed by atoms with Gasteiger partial charge in [-0.2, -0.15) is 0 Å². The zero-order valence-corrected chi connectivity index (χ0v) is 10.4. The smallest absolute Gasteiger partial charge is 0.271 e. The number of carbonyl (C=O) groups excluding carboxylic acids is 1. The molecule has 2 rings (SSSR count). The van der Waals surface area contributed by atoms with Gasteiger partial charge in [0.2, 0.25) is 0 Å². The van der Waals surface area contributed by atoms with E-state index in [1.807, 2.05) is 18.2 Å². The van der Waals surface area contributed by atoms with Crippen molar-refractivity contribution in [3.05, 3.63) is 52.8 Å². The molecule has 0 saturated carbocycles. The maximum Gasteiger partial charge on any atom is 0.271 e. The number of carbonyl (C=O) groups is 1. The molecule has 6 heteroatoms. The lowest BCUT2D eigenvalue weighted by Crippen LogP contribution is -2.24. The quantitative estimate of drug-likeness (QED) is 0.932. The van der Waals surface area contributed by atoms with Gasteiger partial charge in [0.1, 0.15) is 10.3 Å². The third-order valence-corrected chi connectivity index (χ3v) is 2.42. The molecule has 0 aliphatic rings. The molecule has 1 amide bonds. The highest BCUT2D eigenvalue weighted by molar-refractivity contribution is 9.10. The molecule has 0 aromatic carbocycles. The summed E-state index contributed by atoms with van der Waals surface area (Å²) in [7, 11) is 0. The van der Waals surface area contributed by atoms with E-state index in [-0.39, 0.29) is 11.6 Å². The molecule has 17 heavy (non-hydrogen) atoms. The Morgan fingerprint density at radius 2 is 2.12 bits per heavy atom. The highest BCUT2D eigenvalue weighted by atomic mass is 79.9. The fourth-order valence-electron chi connectivity index (χ4n) is 1.19. The van der Waals surface area contributed by atoms with Crippen LogP contribution in [0.2, 0.25) is 0 Å². The van der Waals surface area contributed by atoms with E-state index in [0.717, 1.165) is 5.69 Å². The first-order valence-corrected chi connectivity index (χ1v) is 5.70. The van der Waals surface area contributed by atoms with Gasteiger partial charge in [0.25, 0.3) is 5.91 Å². The van der Waals surface area contributed by atoms with Crippen molar-refractivity contribution in [1.82, 2.24) is 20.3 Å². The summed E-state index contributed by atoms with van der Waals surface area (Å²) in [5.41, 5.74) is 1.08. The number of aromatic nitrogens is 3. The van der Waals surface area contributed by atoms with Crippen molar-refractivity contribution in [2.24, 2.45) is 0 Å². The lowest BCUT2D eigenvalue weighted by Gasteiger charge is -2.03. The van der Waals surface area contributed by atoms with Gasteiger partial charge in [0.15, 0.2) is 0 Å². The van der Waals surface area contributed by atoms with Crippen LogP contribution in [-0.4, -0.2) is 20.9 Å². The van der Waals surface area contributed by atoms with Crippen LogP contribution in [-0.2, 0) is 6.54 Å². The molecular formula is C11H9BrN4O. The summed E-state index contributed by atoms with van der Waals surface area (Å²) in [6.45, 7) is 0.372. The van der Waals surface area contributed by atoms with Crippen molar-refractivity contribution in [1.29, 1.82) is 0 Å². The lowest BCUT2D eigenvalue weighted by molar-refractivity contribution is 0.0945. The number of hydrogen-bond donors (Lipinski definition) is 1. The molecule has 0 radical (unpaired) electrons. The molecular weight excluding hydrogens is 284 g/mol. The Balaban J connectivity index is 1.96. The van der Waals surface area contributed by atoms with Crippen LogP contribution in [0, 0.1) is 0 Å². The lowest BCUT2D eigenvalue weighted by atomic mass is 10.3. The van der Waals surface area contributed by atoms with Gasteiger partial charge < -0.3 is 5.32 Å². The molecule has 5 nitrogen and oxygen atoms in total. The number of nitrogens with zero attached hydrogens (tertiary/aromatic N) is 3. The van der Waals surface area contributed by atoms with Gasteiger partial charge in [-0.3, -0.25) is 9.78 Å². The van der Waals surface area contributed by atoms with Crippen LogP contribution in [0.5, 0.6) is 0 Å². The zero-order valence-electron chi connectivity index (χ0n) is 8.80. The average Bonchev–Trinajstić information content (AvgIpc) is 2.38. The van der Waals surface area contributed by atoms with Crippen LogP contribution in [0.3, 0.4) is 0 Å². The number of rotatable bonds is 3. The minimum absolute atomic E-state index is 0.268. The minimum Gasteiger partial charge on any atom is -0.345 e. The molecule has 0 spiro atoms. The van der Waals surface area contributed by atoms with Crippen LogP contribution in [0.1, 0.15) is 16.2 Å². The predicted molar refractivity (Wildman–Crippen MR) is 65.1 cm³/mol. The van der Waals surface area contributed by atoms with Crippen LogP contribution in [0.25, 0.3) is 0 Å². The third kappa shape index (κ3) is 3.32. The Hall–Kier alpha value is -1.82. The SMILES string of the molecule is O=C(NCc1ccccn1)c1cnc(Br)cn1. The molecule has 1 N–H and O–H groups in total. The molecule has 2 aromatic rings. The molecule has 0 saturated heterocycles. The summed E-state index contributed by atoms with van der Waals surface area (Å²) in [4.78, 5) is 23.7. The highest BCUT2D eigenvalue weighted by Gasteiger charge is 2.07. The number of nitrogens with one attached hydrogen (secondary N) is 1. The number of hydrogen-bond acceptors (Lipinski definition) is 4. The fourth-order valence-corrected chi connectivity index (χ4v) is 1.40. The topological polar surface area (TPSA) is 67.8 Å². The van der Waals surface area contributed by atoms with E-state index >= 15 is 0 Å². The Morgan fingerprint density at radius 1 is 1.24 bits per heavy atom. The van der Waals surface area contributed by atoms with Gasteiger partial charge in [0, 0.05) is 6.20 Å². The first-order chi connectivity index (χ1) is 8.25. The van der Waals surface area contributed by atoms with Gasteiger partial charge in [0.05, 0.1) is 24.6 Å². The van der Waals surface area contributed by atoms with Crippen LogP contribution in [0.15, 0.2) is 41.4 Å². The van der Waals surface area contributed by atoms with E-state index in [2.05, 4.69) is 36.2 Å². The van der Waals surface area contributed by atoms with E-state index in [4.69, 9.17) is 0 Å². The first kappa shape index (κ1) is 11.7. The van der Waals surface area contributed by atoms with Crippen molar-refractivity contribution < 1.29 is 4.79 Å². The average molecular weight is 293 g/mol. The summed E-state index contributed by atoms with van der Waals surface area (Å²) in [5.74, 6) is -0.268. The first-order valence-electron chi connectivity index (χ1n) is 4.91. The maximum atomic E-state index is 11.7. The summed E-state index contributed by atoms with van der Waals surface area (Å²) in [6.07, 6.45) is 4.58. The number of pyridine rings is 1. The third-order valence-electron chi connectivity index (χ3n) is 2.01. The zero-order chi connectivity index (χ0) is 12.1. The van der Waals surface area contributed by atoms with Crippen molar-refractivity contribution >= 4 is 21.8 Å². The van der Waals surface area contributed by atoms with Gasteiger partial charge in [-0.1, -0.05) is 6.07 Å². The maximum absolute atomic E-state index is 11.7. The summed E-state index contributed by atoms with van der Waals surface area (Å²) < 4.78 is 0.596. The van der Waals surface area contributed by atoms with Crippen LogP contribution < -0.4 is 5.32 Å². The van der Waals surface area contributed by atoms with Crippen LogP contribution >= 0.6 is 15.9 Å². The molecule has 0 fully saturated rings. The van der Waals surface area contributed by atoms with E-state index in [9.17, 15) is 4.79 Å². The molecule has 0 unspecified atom stereocenters. The summed E-state index contributed by atoms with van der Waals surface area (Å²) in [5, 5.41) is 2.72. The molecule has 0 bridgehead atoms. The molecule has 2 aromatic heterocycles. The van der Waals surface area contributed by atoms with Gasteiger partial charge >= 0.3 is 0 Å². The van der Waals surface area contributed by atoms with Gasteiger partial charge in [-0.15, -0.1) is 0 Å². The minimum atomic E-state index is -0.268. The molecule has 2 heterocycles. The molecule has 0 atom stereocenters. The van der Waals surface area contributed by atoms with Crippen molar-refractivity contribution in [3.63, 3.8) is 0 Å². The van der Waals surface area contributed by atoms with E-state index in [0.29, 0.717) is 11.1 Å².